The van der Waals surface area contributed by atoms with Crippen molar-refractivity contribution in [2.75, 3.05) is 0 Å². The van der Waals surface area contributed by atoms with Crippen LogP contribution in [0.15, 0.2) is 24.3 Å². The average molecular weight is 368 g/mol. The summed E-state index contributed by atoms with van der Waals surface area (Å²) in [6.07, 6.45) is 5.88. The maximum absolute atomic E-state index is 14.6. The molecule has 1 aliphatic rings. The molecule has 2 aromatic rings. The third kappa shape index (κ3) is 3.62. The summed E-state index contributed by atoms with van der Waals surface area (Å²) in [6, 6.07) is 4.15. The molecule has 0 heterocycles. The molecule has 0 N–H and O–H groups in total. The maximum atomic E-state index is 14.6. The van der Waals surface area contributed by atoms with Crippen LogP contribution in [-0.2, 0) is 0 Å². The van der Waals surface area contributed by atoms with Crippen molar-refractivity contribution in [3.63, 3.8) is 0 Å². The van der Waals surface area contributed by atoms with E-state index in [9.17, 15) is 22.0 Å². The highest BCUT2D eigenvalue weighted by molar-refractivity contribution is 5.65. The molecule has 0 unspecified atom stereocenters. The van der Waals surface area contributed by atoms with Gasteiger partial charge in [-0.2, -0.15) is 0 Å². The number of rotatable bonds is 4. The van der Waals surface area contributed by atoms with Crippen LogP contribution in [0.2, 0.25) is 0 Å². The zero-order valence-electron chi connectivity index (χ0n) is 14.6. The second-order valence-electron chi connectivity index (χ2n) is 7.09. The maximum Gasteiger partial charge on any atom is 0.194 e. The summed E-state index contributed by atoms with van der Waals surface area (Å²) in [6.45, 7) is 2.14. The van der Waals surface area contributed by atoms with Crippen LogP contribution in [0.5, 0.6) is 0 Å². The first-order valence-electron chi connectivity index (χ1n) is 9.05. The van der Waals surface area contributed by atoms with Gasteiger partial charge in [0, 0.05) is 5.56 Å². The lowest BCUT2D eigenvalue weighted by Crippen LogP contribution is -2.15. The Balaban J connectivity index is 1.88. The zero-order valence-corrected chi connectivity index (χ0v) is 14.6. The number of halogens is 5. The van der Waals surface area contributed by atoms with Crippen LogP contribution < -0.4 is 0 Å². The molecule has 0 bridgehead atoms. The molecular weight excluding hydrogens is 347 g/mol. The Morgan fingerprint density at radius 2 is 1.42 bits per heavy atom. The minimum absolute atomic E-state index is 0.0478. The van der Waals surface area contributed by atoms with E-state index in [4.69, 9.17) is 0 Å². The molecule has 140 valence electrons. The van der Waals surface area contributed by atoms with Crippen LogP contribution in [-0.4, -0.2) is 0 Å². The van der Waals surface area contributed by atoms with E-state index in [-0.39, 0.29) is 17.0 Å². The first-order chi connectivity index (χ1) is 12.4. The van der Waals surface area contributed by atoms with E-state index in [1.807, 2.05) is 0 Å². The fourth-order valence-electron chi connectivity index (χ4n) is 3.98. The summed E-state index contributed by atoms with van der Waals surface area (Å²) in [7, 11) is 0. The van der Waals surface area contributed by atoms with Crippen molar-refractivity contribution >= 4 is 0 Å². The van der Waals surface area contributed by atoms with E-state index in [0.717, 1.165) is 38.5 Å². The van der Waals surface area contributed by atoms with Gasteiger partial charge in [-0.15, -0.1) is 0 Å². The van der Waals surface area contributed by atoms with Gasteiger partial charge in [0.2, 0.25) is 0 Å². The van der Waals surface area contributed by atoms with Crippen LogP contribution in [0.1, 0.15) is 56.9 Å². The fourth-order valence-corrected chi connectivity index (χ4v) is 3.98. The van der Waals surface area contributed by atoms with Gasteiger partial charge in [0.15, 0.2) is 29.1 Å². The van der Waals surface area contributed by atoms with Crippen molar-refractivity contribution in [2.45, 2.75) is 51.4 Å². The van der Waals surface area contributed by atoms with Gasteiger partial charge in [-0.05, 0) is 60.8 Å². The molecule has 5 heteroatoms. The van der Waals surface area contributed by atoms with Crippen LogP contribution in [0.4, 0.5) is 22.0 Å². The molecule has 0 radical (unpaired) electrons. The monoisotopic (exact) mass is 368 g/mol. The average Bonchev–Trinajstić information content (AvgIpc) is 2.63. The van der Waals surface area contributed by atoms with E-state index in [0.29, 0.717) is 23.6 Å². The lowest BCUT2D eigenvalue weighted by atomic mass is 9.77. The Morgan fingerprint density at radius 3 is 2.00 bits per heavy atom. The third-order valence-corrected chi connectivity index (χ3v) is 5.39. The molecule has 1 aliphatic carbocycles. The Bertz CT molecular complexity index is 768. The molecule has 0 spiro atoms. The quantitative estimate of drug-likeness (QED) is 0.398. The highest BCUT2D eigenvalue weighted by Gasteiger charge is 2.26. The highest BCUT2D eigenvalue weighted by Crippen LogP contribution is 2.40. The van der Waals surface area contributed by atoms with Crippen molar-refractivity contribution in [3.05, 3.63) is 58.9 Å². The molecule has 3 rings (SSSR count). The molecule has 26 heavy (non-hydrogen) atoms. The van der Waals surface area contributed by atoms with Gasteiger partial charge in [0.05, 0.1) is 0 Å². The van der Waals surface area contributed by atoms with Gasteiger partial charge in [-0.1, -0.05) is 31.9 Å². The van der Waals surface area contributed by atoms with Gasteiger partial charge in [0.25, 0.3) is 0 Å². The number of hydrogen-bond acceptors (Lipinski definition) is 0. The molecule has 0 atom stereocenters. The molecule has 0 aliphatic heterocycles. The van der Waals surface area contributed by atoms with E-state index in [1.165, 1.54) is 12.1 Å². The van der Waals surface area contributed by atoms with Crippen LogP contribution in [0.3, 0.4) is 0 Å². The van der Waals surface area contributed by atoms with Crippen molar-refractivity contribution in [1.29, 1.82) is 0 Å². The third-order valence-electron chi connectivity index (χ3n) is 5.39. The molecule has 1 fully saturated rings. The smallest absolute Gasteiger partial charge is 0.194 e. The van der Waals surface area contributed by atoms with Gasteiger partial charge >= 0.3 is 0 Å². The molecule has 0 saturated heterocycles. The summed E-state index contributed by atoms with van der Waals surface area (Å²) in [5.41, 5.74) is -0.191. The van der Waals surface area contributed by atoms with Crippen molar-refractivity contribution < 1.29 is 22.0 Å². The topological polar surface area (TPSA) is 0 Å². The Morgan fingerprint density at radius 1 is 0.808 bits per heavy atom. The second-order valence-corrected chi connectivity index (χ2v) is 7.09. The zero-order chi connectivity index (χ0) is 18.8. The summed E-state index contributed by atoms with van der Waals surface area (Å²) in [5, 5.41) is 0. The summed E-state index contributed by atoms with van der Waals surface area (Å²) in [4.78, 5) is 0. The molecule has 0 aromatic heterocycles. The van der Waals surface area contributed by atoms with Gasteiger partial charge < -0.3 is 0 Å². The van der Waals surface area contributed by atoms with Crippen molar-refractivity contribution in [2.24, 2.45) is 5.92 Å². The summed E-state index contributed by atoms with van der Waals surface area (Å²) < 4.78 is 69.0. The van der Waals surface area contributed by atoms with E-state index >= 15 is 0 Å². The first-order valence-corrected chi connectivity index (χ1v) is 9.05. The largest absolute Gasteiger partial charge is 0.204 e. The van der Waals surface area contributed by atoms with Gasteiger partial charge in [0.1, 0.15) is 0 Å². The summed E-state index contributed by atoms with van der Waals surface area (Å²) >= 11 is 0. The highest BCUT2D eigenvalue weighted by atomic mass is 19.2. The fraction of sp³-hybridized carbons (Fsp3) is 0.429. The molecule has 0 nitrogen and oxygen atoms in total. The van der Waals surface area contributed by atoms with E-state index in [2.05, 4.69) is 6.92 Å². The second kappa shape index (κ2) is 7.77. The minimum Gasteiger partial charge on any atom is -0.204 e. The van der Waals surface area contributed by atoms with E-state index < -0.39 is 29.1 Å². The molecular formula is C21H21F5. The predicted octanol–water partition coefficient (Wildman–Crippen LogP) is 7.12. The van der Waals surface area contributed by atoms with Crippen molar-refractivity contribution in [3.8, 4) is 11.1 Å². The van der Waals surface area contributed by atoms with Crippen LogP contribution >= 0.6 is 0 Å². The number of benzene rings is 2. The lowest BCUT2D eigenvalue weighted by molar-refractivity contribution is 0.303. The lowest BCUT2D eigenvalue weighted by Gasteiger charge is -2.29. The Kier molecular flexibility index (Phi) is 5.64. The summed E-state index contributed by atoms with van der Waals surface area (Å²) in [5.74, 6) is -6.02. The van der Waals surface area contributed by atoms with Crippen LogP contribution in [0, 0.1) is 35.0 Å². The number of hydrogen-bond donors (Lipinski definition) is 0. The normalized spacial score (nSPS) is 20.4. The standard InChI is InChI=1S/C21H21F5/c1-2-3-12-4-6-13(7-5-12)15-8-9-16(20(25)19(15)24)14-10-17(22)21(26)18(23)11-14/h8-13H,2-7H2,1H3. The van der Waals surface area contributed by atoms with Gasteiger partial charge in [-0.3, -0.25) is 0 Å². The first kappa shape index (κ1) is 18.9. The molecule has 1 saturated carbocycles. The minimum atomic E-state index is -1.63. The molecule has 2 aromatic carbocycles. The molecule has 0 amide bonds. The van der Waals surface area contributed by atoms with E-state index in [1.54, 1.807) is 0 Å². The predicted molar refractivity (Wildman–Crippen MR) is 91.3 cm³/mol. The van der Waals surface area contributed by atoms with Crippen LogP contribution in [0.25, 0.3) is 11.1 Å². The Labute approximate surface area is 150 Å². The van der Waals surface area contributed by atoms with Crippen molar-refractivity contribution in [1.82, 2.24) is 0 Å². The SMILES string of the molecule is CCCC1CCC(c2ccc(-c3cc(F)c(F)c(F)c3)c(F)c2F)CC1. The van der Waals surface area contributed by atoms with Gasteiger partial charge in [-0.25, -0.2) is 22.0 Å². The Hall–Kier alpha value is -1.91.